The first kappa shape index (κ1) is 17.3. The highest BCUT2D eigenvalue weighted by atomic mass is 35.5. The topological polar surface area (TPSA) is 37.4 Å². The van der Waals surface area contributed by atoms with Crippen LogP contribution in [0.4, 0.5) is 0 Å². The number of nitrogens with one attached hydrogen (secondary N) is 1. The van der Waals surface area contributed by atoms with Crippen molar-refractivity contribution in [2.45, 2.75) is 32.4 Å². The Hall–Kier alpha value is -1.14. The maximum atomic E-state index is 5.89. The second-order valence-corrected chi connectivity index (χ2v) is 8.56. The summed E-state index contributed by atoms with van der Waals surface area (Å²) in [6, 6.07) is 7.46. The van der Waals surface area contributed by atoms with Gasteiger partial charge in [-0.15, -0.1) is 11.3 Å². The monoisotopic (exact) mass is 377 g/mol. The highest BCUT2D eigenvalue weighted by molar-refractivity contribution is 7.09. The van der Waals surface area contributed by atoms with Gasteiger partial charge in [-0.1, -0.05) is 11.6 Å². The molecule has 2 aliphatic heterocycles. The van der Waals surface area contributed by atoms with Gasteiger partial charge in [-0.05, 0) is 68.6 Å². The molecule has 2 saturated heterocycles. The van der Waals surface area contributed by atoms with E-state index in [-0.39, 0.29) is 0 Å². The van der Waals surface area contributed by atoms with E-state index in [1.165, 1.54) is 51.1 Å². The third-order valence-electron chi connectivity index (χ3n) is 5.34. The minimum Gasteiger partial charge on any atom is -0.486 e. The summed E-state index contributed by atoms with van der Waals surface area (Å²) in [4.78, 5) is 7.33. The summed E-state index contributed by atoms with van der Waals surface area (Å²) in [6.07, 6.45) is 3.98. The zero-order chi connectivity index (χ0) is 17.1. The van der Waals surface area contributed by atoms with Crippen molar-refractivity contribution in [3.63, 3.8) is 0 Å². The van der Waals surface area contributed by atoms with E-state index >= 15 is 0 Å². The normalized spacial score (nSPS) is 20.2. The van der Waals surface area contributed by atoms with Crippen LogP contribution in [0.2, 0.25) is 5.02 Å². The Morgan fingerprint density at radius 3 is 2.80 bits per heavy atom. The third kappa shape index (κ3) is 4.34. The van der Waals surface area contributed by atoms with Gasteiger partial charge in [0, 0.05) is 23.5 Å². The van der Waals surface area contributed by atoms with Crippen molar-refractivity contribution in [3.8, 4) is 5.75 Å². The maximum Gasteiger partial charge on any atom is 0.140 e. The highest BCUT2D eigenvalue weighted by Crippen LogP contribution is 2.39. The van der Waals surface area contributed by atoms with E-state index in [0.29, 0.717) is 12.0 Å². The Morgan fingerprint density at radius 2 is 2.00 bits per heavy atom. The van der Waals surface area contributed by atoms with Crippen LogP contribution in [0, 0.1) is 5.41 Å². The zero-order valence-corrected chi connectivity index (χ0v) is 15.9. The molecule has 25 heavy (non-hydrogen) atoms. The summed E-state index contributed by atoms with van der Waals surface area (Å²) in [5.74, 6) is 0.827. The van der Waals surface area contributed by atoms with Crippen molar-refractivity contribution in [1.82, 2.24) is 15.2 Å². The Balaban J connectivity index is 1.29. The smallest absolute Gasteiger partial charge is 0.140 e. The molecule has 134 valence electrons. The molecule has 1 spiro atoms. The lowest BCUT2D eigenvalue weighted by Crippen LogP contribution is -2.38. The van der Waals surface area contributed by atoms with Gasteiger partial charge in [0.05, 0.1) is 5.69 Å². The van der Waals surface area contributed by atoms with Crippen LogP contribution in [0.1, 0.15) is 30.0 Å². The van der Waals surface area contributed by atoms with E-state index in [1.54, 1.807) is 11.3 Å². The molecule has 6 heteroatoms. The minimum atomic E-state index is 0.516. The third-order valence-corrected chi connectivity index (χ3v) is 6.47. The summed E-state index contributed by atoms with van der Waals surface area (Å²) in [5.41, 5.74) is 1.73. The Bertz CT molecular complexity index is 697. The maximum absolute atomic E-state index is 5.89. The Morgan fingerprint density at radius 1 is 1.20 bits per heavy atom. The standard InChI is InChI=1S/C19H24ClN3OS/c20-15-1-3-17(4-2-15)24-12-18-22-16(13-25-18)11-23-10-7-19(14-23)5-8-21-9-6-19/h1-4,13,21H,5-12,14H2. The number of hydrogen-bond donors (Lipinski definition) is 1. The van der Waals surface area contributed by atoms with Crippen molar-refractivity contribution in [3.05, 3.63) is 45.4 Å². The predicted molar refractivity (Wildman–Crippen MR) is 102 cm³/mol. The molecule has 0 bridgehead atoms. The van der Waals surface area contributed by atoms with Gasteiger partial charge in [-0.3, -0.25) is 4.90 Å². The molecule has 2 aliphatic rings. The van der Waals surface area contributed by atoms with Gasteiger partial charge < -0.3 is 10.1 Å². The van der Waals surface area contributed by atoms with Crippen molar-refractivity contribution in [2.24, 2.45) is 5.41 Å². The fraction of sp³-hybridized carbons (Fsp3) is 0.526. The van der Waals surface area contributed by atoms with E-state index in [4.69, 9.17) is 21.3 Å². The largest absolute Gasteiger partial charge is 0.486 e. The van der Waals surface area contributed by atoms with Crippen molar-refractivity contribution in [2.75, 3.05) is 26.2 Å². The van der Waals surface area contributed by atoms with Gasteiger partial charge in [-0.2, -0.15) is 0 Å². The number of thiazole rings is 1. The van der Waals surface area contributed by atoms with Gasteiger partial charge in [-0.25, -0.2) is 4.98 Å². The van der Waals surface area contributed by atoms with Crippen LogP contribution in [0.25, 0.3) is 0 Å². The number of hydrogen-bond acceptors (Lipinski definition) is 5. The zero-order valence-electron chi connectivity index (χ0n) is 14.3. The van der Waals surface area contributed by atoms with Crippen LogP contribution < -0.4 is 10.1 Å². The lowest BCUT2D eigenvalue weighted by atomic mass is 9.78. The fourth-order valence-corrected chi connectivity index (χ4v) is 4.74. The average Bonchev–Trinajstić information content (AvgIpc) is 3.23. The molecule has 0 radical (unpaired) electrons. The molecular formula is C19H24ClN3OS. The SMILES string of the molecule is Clc1ccc(OCc2nc(CN3CCC4(CCNCC4)C3)cs2)cc1. The summed E-state index contributed by atoms with van der Waals surface area (Å²) in [7, 11) is 0. The lowest BCUT2D eigenvalue weighted by Gasteiger charge is -2.33. The molecule has 0 unspecified atom stereocenters. The first-order valence-corrected chi connectivity index (χ1v) is 10.2. The number of rotatable bonds is 5. The molecule has 2 aromatic rings. The fourth-order valence-electron chi connectivity index (χ4n) is 3.92. The first-order valence-electron chi connectivity index (χ1n) is 8.96. The van der Waals surface area contributed by atoms with Crippen LogP contribution in [0.3, 0.4) is 0 Å². The van der Waals surface area contributed by atoms with Gasteiger partial charge in [0.1, 0.15) is 17.4 Å². The van der Waals surface area contributed by atoms with Gasteiger partial charge >= 0.3 is 0 Å². The minimum absolute atomic E-state index is 0.516. The number of likely N-dealkylation sites (tertiary alicyclic amines) is 1. The number of ether oxygens (including phenoxy) is 1. The van der Waals surface area contributed by atoms with Gasteiger partial charge in [0.25, 0.3) is 0 Å². The summed E-state index contributed by atoms with van der Waals surface area (Å²) >= 11 is 7.58. The lowest BCUT2D eigenvalue weighted by molar-refractivity contribution is 0.193. The quantitative estimate of drug-likeness (QED) is 0.856. The first-order chi connectivity index (χ1) is 12.2. The number of benzene rings is 1. The second-order valence-electron chi connectivity index (χ2n) is 7.19. The average molecular weight is 378 g/mol. The number of nitrogens with zero attached hydrogens (tertiary/aromatic N) is 2. The van der Waals surface area contributed by atoms with E-state index in [9.17, 15) is 0 Å². The van der Waals surface area contributed by atoms with E-state index in [2.05, 4.69) is 15.6 Å². The number of aromatic nitrogens is 1. The van der Waals surface area contributed by atoms with Crippen LogP contribution >= 0.6 is 22.9 Å². The van der Waals surface area contributed by atoms with Crippen molar-refractivity contribution < 1.29 is 4.74 Å². The van der Waals surface area contributed by atoms with E-state index in [1.807, 2.05) is 24.3 Å². The van der Waals surface area contributed by atoms with Crippen molar-refractivity contribution >= 4 is 22.9 Å². The molecule has 1 aromatic carbocycles. The van der Waals surface area contributed by atoms with E-state index < -0.39 is 0 Å². The van der Waals surface area contributed by atoms with Gasteiger partial charge in [0.2, 0.25) is 0 Å². The molecule has 0 aliphatic carbocycles. The molecule has 0 amide bonds. The Kier molecular flexibility index (Phi) is 5.27. The molecule has 0 atom stereocenters. The molecule has 1 N–H and O–H groups in total. The van der Waals surface area contributed by atoms with Crippen LogP contribution in [-0.4, -0.2) is 36.1 Å². The molecule has 4 nitrogen and oxygen atoms in total. The highest BCUT2D eigenvalue weighted by Gasteiger charge is 2.38. The Labute approximate surface area is 158 Å². The van der Waals surface area contributed by atoms with Gasteiger partial charge in [0.15, 0.2) is 0 Å². The van der Waals surface area contributed by atoms with Crippen LogP contribution in [0.5, 0.6) is 5.75 Å². The molecule has 4 rings (SSSR count). The number of halogens is 1. The summed E-state index contributed by atoms with van der Waals surface area (Å²) in [6.45, 7) is 6.26. The molecular weight excluding hydrogens is 354 g/mol. The number of piperidine rings is 1. The molecule has 2 fully saturated rings. The van der Waals surface area contributed by atoms with Crippen LogP contribution in [-0.2, 0) is 13.2 Å². The molecule has 3 heterocycles. The molecule has 0 saturated carbocycles. The molecule has 1 aromatic heterocycles. The van der Waals surface area contributed by atoms with Crippen molar-refractivity contribution in [1.29, 1.82) is 0 Å². The summed E-state index contributed by atoms with van der Waals surface area (Å²) in [5, 5.41) is 7.41. The van der Waals surface area contributed by atoms with Crippen LogP contribution in [0.15, 0.2) is 29.6 Å². The second kappa shape index (κ2) is 7.62. The van der Waals surface area contributed by atoms with E-state index in [0.717, 1.165) is 22.3 Å². The predicted octanol–water partition coefficient (Wildman–Crippen LogP) is 3.95. The summed E-state index contributed by atoms with van der Waals surface area (Å²) < 4.78 is 5.79.